The summed E-state index contributed by atoms with van der Waals surface area (Å²) >= 11 is 3.36. The SMILES string of the molecule is CCOC(=O)c1ccccc1NC(=O)/C=C/c1ccc(Br)cc1. The molecule has 0 atom stereocenters. The summed E-state index contributed by atoms with van der Waals surface area (Å²) in [6.45, 7) is 2.02. The lowest BCUT2D eigenvalue weighted by Crippen LogP contribution is -2.13. The van der Waals surface area contributed by atoms with E-state index >= 15 is 0 Å². The zero-order chi connectivity index (χ0) is 16.7. The van der Waals surface area contributed by atoms with Gasteiger partial charge in [0.25, 0.3) is 0 Å². The second-order valence-electron chi connectivity index (χ2n) is 4.64. The van der Waals surface area contributed by atoms with Crippen LogP contribution in [0.15, 0.2) is 59.1 Å². The zero-order valence-electron chi connectivity index (χ0n) is 12.6. The average Bonchev–Trinajstić information content (AvgIpc) is 2.55. The second-order valence-corrected chi connectivity index (χ2v) is 5.56. The van der Waals surface area contributed by atoms with Gasteiger partial charge in [0.2, 0.25) is 5.91 Å². The van der Waals surface area contributed by atoms with Crippen LogP contribution in [-0.4, -0.2) is 18.5 Å². The quantitative estimate of drug-likeness (QED) is 0.628. The molecule has 0 bridgehead atoms. The molecule has 0 unspecified atom stereocenters. The van der Waals surface area contributed by atoms with Gasteiger partial charge in [0.15, 0.2) is 0 Å². The third kappa shape index (κ3) is 5.07. The fourth-order valence-corrected chi connectivity index (χ4v) is 2.16. The number of carbonyl (C=O) groups is 2. The Morgan fingerprint density at radius 2 is 1.83 bits per heavy atom. The number of halogens is 1. The smallest absolute Gasteiger partial charge is 0.340 e. The van der Waals surface area contributed by atoms with E-state index in [4.69, 9.17) is 4.74 Å². The summed E-state index contributed by atoms with van der Waals surface area (Å²) in [6.07, 6.45) is 3.12. The van der Waals surface area contributed by atoms with Gasteiger partial charge < -0.3 is 10.1 Å². The molecule has 1 N–H and O–H groups in total. The molecular weight excluding hydrogens is 358 g/mol. The summed E-state index contributed by atoms with van der Waals surface area (Å²) in [4.78, 5) is 23.9. The molecule has 4 nitrogen and oxygen atoms in total. The molecule has 0 saturated heterocycles. The maximum atomic E-state index is 12.0. The number of para-hydroxylation sites is 1. The van der Waals surface area contributed by atoms with Gasteiger partial charge in [0.05, 0.1) is 17.9 Å². The van der Waals surface area contributed by atoms with Crippen molar-refractivity contribution in [2.45, 2.75) is 6.92 Å². The van der Waals surface area contributed by atoms with Crippen molar-refractivity contribution in [2.24, 2.45) is 0 Å². The number of hydrogen-bond donors (Lipinski definition) is 1. The molecular formula is C18H16BrNO3. The van der Waals surface area contributed by atoms with Gasteiger partial charge in [-0.2, -0.15) is 0 Å². The highest BCUT2D eigenvalue weighted by atomic mass is 79.9. The molecule has 0 aliphatic rings. The third-order valence-electron chi connectivity index (χ3n) is 2.98. The summed E-state index contributed by atoms with van der Waals surface area (Å²) < 4.78 is 5.95. The molecule has 118 valence electrons. The predicted molar refractivity (Wildman–Crippen MR) is 94.2 cm³/mol. The Labute approximate surface area is 143 Å². The van der Waals surface area contributed by atoms with E-state index in [2.05, 4.69) is 21.2 Å². The Kier molecular flexibility index (Phi) is 6.11. The largest absolute Gasteiger partial charge is 0.462 e. The lowest BCUT2D eigenvalue weighted by atomic mass is 10.1. The Bertz CT molecular complexity index is 723. The van der Waals surface area contributed by atoms with Crippen LogP contribution in [0.1, 0.15) is 22.8 Å². The van der Waals surface area contributed by atoms with E-state index in [0.717, 1.165) is 10.0 Å². The number of hydrogen-bond acceptors (Lipinski definition) is 3. The number of rotatable bonds is 5. The third-order valence-corrected chi connectivity index (χ3v) is 3.51. The van der Waals surface area contributed by atoms with Crippen LogP contribution in [0.2, 0.25) is 0 Å². The monoisotopic (exact) mass is 373 g/mol. The van der Waals surface area contributed by atoms with Gasteiger partial charge in [-0.25, -0.2) is 4.79 Å². The van der Waals surface area contributed by atoms with Crippen molar-refractivity contribution >= 4 is 39.6 Å². The highest BCUT2D eigenvalue weighted by Gasteiger charge is 2.12. The molecule has 0 heterocycles. The summed E-state index contributed by atoms with van der Waals surface area (Å²) in [5.74, 6) is -0.773. The van der Waals surface area contributed by atoms with Crippen molar-refractivity contribution in [3.05, 3.63) is 70.2 Å². The Hall–Kier alpha value is -2.40. The van der Waals surface area contributed by atoms with Gasteiger partial charge in [-0.15, -0.1) is 0 Å². The van der Waals surface area contributed by atoms with Crippen LogP contribution in [0.3, 0.4) is 0 Å². The molecule has 0 aliphatic heterocycles. The lowest BCUT2D eigenvalue weighted by molar-refractivity contribution is -0.111. The van der Waals surface area contributed by atoms with E-state index in [1.807, 2.05) is 24.3 Å². The topological polar surface area (TPSA) is 55.4 Å². The minimum Gasteiger partial charge on any atom is -0.462 e. The van der Waals surface area contributed by atoms with E-state index in [1.165, 1.54) is 6.08 Å². The van der Waals surface area contributed by atoms with Crippen LogP contribution in [-0.2, 0) is 9.53 Å². The number of carbonyl (C=O) groups excluding carboxylic acids is 2. The number of esters is 1. The van der Waals surface area contributed by atoms with E-state index in [-0.39, 0.29) is 12.5 Å². The number of amides is 1. The van der Waals surface area contributed by atoms with Gasteiger partial charge >= 0.3 is 5.97 Å². The summed E-state index contributed by atoms with van der Waals surface area (Å²) in [5, 5.41) is 2.70. The number of benzene rings is 2. The van der Waals surface area contributed by atoms with E-state index in [0.29, 0.717) is 11.3 Å². The lowest BCUT2D eigenvalue weighted by Gasteiger charge is -2.08. The van der Waals surface area contributed by atoms with Crippen molar-refractivity contribution in [2.75, 3.05) is 11.9 Å². The van der Waals surface area contributed by atoms with Crippen LogP contribution in [0.4, 0.5) is 5.69 Å². The van der Waals surface area contributed by atoms with E-state index in [9.17, 15) is 9.59 Å². The first kappa shape index (κ1) is 17.0. The van der Waals surface area contributed by atoms with Crippen molar-refractivity contribution in [1.29, 1.82) is 0 Å². The van der Waals surface area contributed by atoms with Crippen molar-refractivity contribution in [1.82, 2.24) is 0 Å². The van der Waals surface area contributed by atoms with Crippen LogP contribution >= 0.6 is 15.9 Å². The van der Waals surface area contributed by atoms with Gasteiger partial charge in [-0.1, -0.05) is 40.2 Å². The molecule has 1 amide bonds. The van der Waals surface area contributed by atoms with Crippen molar-refractivity contribution in [3.8, 4) is 0 Å². The maximum absolute atomic E-state index is 12.0. The Morgan fingerprint density at radius 3 is 2.52 bits per heavy atom. The summed E-state index contributed by atoms with van der Waals surface area (Å²) in [7, 11) is 0. The highest BCUT2D eigenvalue weighted by Crippen LogP contribution is 2.16. The molecule has 0 spiro atoms. The maximum Gasteiger partial charge on any atom is 0.340 e. The molecule has 2 aromatic rings. The van der Waals surface area contributed by atoms with Crippen molar-refractivity contribution < 1.29 is 14.3 Å². The highest BCUT2D eigenvalue weighted by molar-refractivity contribution is 9.10. The minimum absolute atomic E-state index is 0.282. The van der Waals surface area contributed by atoms with Crippen LogP contribution in [0, 0.1) is 0 Å². The standard InChI is InChI=1S/C18H16BrNO3/c1-2-23-18(22)15-5-3-4-6-16(15)20-17(21)12-9-13-7-10-14(19)11-8-13/h3-12H,2H2,1H3,(H,20,21)/b12-9+. The minimum atomic E-state index is -0.458. The first-order valence-electron chi connectivity index (χ1n) is 7.11. The predicted octanol–water partition coefficient (Wildman–Crippen LogP) is 4.28. The number of ether oxygens (including phenoxy) is 1. The molecule has 0 fully saturated rings. The molecule has 0 aromatic heterocycles. The molecule has 5 heteroatoms. The van der Waals surface area contributed by atoms with Gasteiger partial charge in [-0.05, 0) is 42.8 Å². The summed E-state index contributed by atoms with van der Waals surface area (Å²) in [5.41, 5.74) is 1.66. The van der Waals surface area contributed by atoms with E-state index in [1.54, 1.807) is 37.3 Å². The second kappa shape index (κ2) is 8.29. The van der Waals surface area contributed by atoms with Crippen LogP contribution in [0.25, 0.3) is 6.08 Å². The molecule has 23 heavy (non-hydrogen) atoms. The Balaban J connectivity index is 2.08. The molecule has 2 aromatic carbocycles. The molecule has 2 rings (SSSR count). The van der Waals surface area contributed by atoms with E-state index < -0.39 is 5.97 Å². The van der Waals surface area contributed by atoms with Crippen molar-refractivity contribution in [3.63, 3.8) is 0 Å². The number of anilines is 1. The van der Waals surface area contributed by atoms with Crippen LogP contribution < -0.4 is 5.32 Å². The average molecular weight is 374 g/mol. The summed E-state index contributed by atoms with van der Waals surface area (Å²) in [6, 6.07) is 14.3. The first-order valence-corrected chi connectivity index (χ1v) is 7.90. The van der Waals surface area contributed by atoms with Gasteiger partial charge in [0.1, 0.15) is 0 Å². The molecule has 0 aliphatic carbocycles. The number of nitrogens with one attached hydrogen (secondary N) is 1. The molecule has 0 radical (unpaired) electrons. The zero-order valence-corrected chi connectivity index (χ0v) is 14.2. The normalized spacial score (nSPS) is 10.5. The van der Waals surface area contributed by atoms with Crippen LogP contribution in [0.5, 0.6) is 0 Å². The van der Waals surface area contributed by atoms with Gasteiger partial charge in [-0.3, -0.25) is 4.79 Å². The first-order chi connectivity index (χ1) is 11.1. The van der Waals surface area contributed by atoms with Gasteiger partial charge in [0, 0.05) is 10.5 Å². The fraction of sp³-hybridized carbons (Fsp3) is 0.111. The molecule has 0 saturated carbocycles. The fourth-order valence-electron chi connectivity index (χ4n) is 1.90. The Morgan fingerprint density at radius 1 is 1.13 bits per heavy atom.